The minimum absolute atomic E-state index is 0.648. The largest absolute Gasteiger partial charge is 0.316 e. The van der Waals surface area contributed by atoms with Crippen LogP contribution in [0, 0.1) is 5.92 Å². The van der Waals surface area contributed by atoms with E-state index in [1.807, 2.05) is 0 Å². The number of nitrogens with one attached hydrogen (secondary N) is 1. The Morgan fingerprint density at radius 2 is 2.33 bits per heavy atom. The molecular weight excluding hydrogens is 299 g/mol. The highest BCUT2D eigenvalue weighted by Gasteiger charge is 2.38. The zero-order chi connectivity index (χ0) is 10.4. The van der Waals surface area contributed by atoms with Gasteiger partial charge < -0.3 is 5.32 Å². The van der Waals surface area contributed by atoms with Crippen LogP contribution in [0.5, 0.6) is 0 Å². The van der Waals surface area contributed by atoms with Crippen molar-refractivity contribution < 1.29 is 0 Å². The van der Waals surface area contributed by atoms with Crippen LogP contribution in [0.3, 0.4) is 0 Å². The zero-order valence-electron chi connectivity index (χ0n) is 8.83. The molecule has 2 unspecified atom stereocenters. The van der Waals surface area contributed by atoms with Crippen molar-refractivity contribution in [2.45, 2.75) is 23.2 Å². The molecule has 0 amide bonds. The summed E-state index contributed by atoms with van der Waals surface area (Å²) in [6.45, 7) is 4.62. The Bertz CT molecular complexity index is 391. The molecule has 2 heterocycles. The molecule has 3 atom stereocenters. The Hall–Kier alpha value is -0.160. The maximum absolute atomic E-state index is 4.39. The van der Waals surface area contributed by atoms with Gasteiger partial charge in [0.25, 0.3) is 0 Å². The highest BCUT2D eigenvalue weighted by Crippen LogP contribution is 2.50. The van der Waals surface area contributed by atoms with Crippen molar-refractivity contribution in [3.8, 4) is 0 Å². The lowest BCUT2D eigenvalue weighted by Gasteiger charge is -2.17. The first-order valence-corrected chi connectivity index (χ1v) is 6.85. The lowest BCUT2D eigenvalue weighted by atomic mass is 9.92. The number of halogens is 1. The lowest BCUT2D eigenvalue weighted by molar-refractivity contribution is 0.476. The highest BCUT2D eigenvalue weighted by atomic mass is 127. The molecule has 1 aliphatic heterocycles. The third kappa shape index (κ3) is 1.43. The third-order valence-electron chi connectivity index (χ3n) is 3.80. The second-order valence-electron chi connectivity index (χ2n) is 4.62. The molecule has 0 fully saturated rings. The number of nitrogens with zero attached hydrogens (tertiary/aromatic N) is 1. The van der Waals surface area contributed by atoms with Crippen molar-refractivity contribution >= 4 is 22.6 Å². The van der Waals surface area contributed by atoms with Crippen LogP contribution in [-0.4, -0.2) is 18.1 Å². The normalized spacial score (nSPS) is 33.6. The van der Waals surface area contributed by atoms with Gasteiger partial charge in [0, 0.05) is 28.8 Å². The molecule has 15 heavy (non-hydrogen) atoms. The fraction of sp³-hybridized carbons (Fsp3) is 0.583. The molecule has 1 N–H and O–H groups in total. The predicted octanol–water partition coefficient (Wildman–Crippen LogP) is 2.44. The molecule has 3 heteroatoms. The molecular formula is C12H15IN2. The van der Waals surface area contributed by atoms with E-state index in [-0.39, 0.29) is 0 Å². The van der Waals surface area contributed by atoms with E-state index in [1.54, 1.807) is 5.56 Å². The summed E-state index contributed by atoms with van der Waals surface area (Å²) in [6.07, 6.45) is 5.29. The Morgan fingerprint density at radius 1 is 1.47 bits per heavy atom. The van der Waals surface area contributed by atoms with Gasteiger partial charge in [-0.15, -0.1) is 0 Å². The van der Waals surface area contributed by atoms with Gasteiger partial charge in [0.2, 0.25) is 0 Å². The van der Waals surface area contributed by atoms with Crippen LogP contribution in [0.4, 0.5) is 0 Å². The number of hydrogen-bond donors (Lipinski definition) is 1. The molecule has 1 aromatic heterocycles. The van der Waals surface area contributed by atoms with Gasteiger partial charge in [-0.1, -0.05) is 29.5 Å². The van der Waals surface area contributed by atoms with Crippen LogP contribution >= 0.6 is 22.6 Å². The van der Waals surface area contributed by atoms with E-state index in [4.69, 9.17) is 0 Å². The van der Waals surface area contributed by atoms with E-state index in [0.29, 0.717) is 9.84 Å². The van der Waals surface area contributed by atoms with E-state index in [2.05, 4.69) is 52.2 Å². The summed E-state index contributed by atoms with van der Waals surface area (Å²) in [5, 5.41) is 3.55. The second-order valence-corrected chi connectivity index (χ2v) is 5.97. The Balaban J connectivity index is 2.19. The monoisotopic (exact) mass is 314 g/mol. The molecule has 0 aromatic carbocycles. The number of aromatic nitrogens is 1. The van der Waals surface area contributed by atoms with Gasteiger partial charge in [0.05, 0.1) is 0 Å². The fourth-order valence-electron chi connectivity index (χ4n) is 2.92. The van der Waals surface area contributed by atoms with Crippen LogP contribution in [0.2, 0.25) is 0 Å². The van der Waals surface area contributed by atoms with Crippen LogP contribution in [0.15, 0.2) is 12.4 Å². The quantitative estimate of drug-likeness (QED) is 0.588. The molecule has 2 nitrogen and oxygen atoms in total. The predicted molar refractivity (Wildman–Crippen MR) is 69.5 cm³/mol. The maximum atomic E-state index is 4.39. The number of alkyl halides is 1. The summed E-state index contributed by atoms with van der Waals surface area (Å²) in [6, 6.07) is 0. The molecule has 1 aromatic rings. The summed E-state index contributed by atoms with van der Waals surface area (Å²) in [4.78, 5) is 4.39. The summed E-state index contributed by atoms with van der Waals surface area (Å²) in [5.41, 5.74) is 4.59. The second kappa shape index (κ2) is 3.70. The number of rotatable bonds is 0. The van der Waals surface area contributed by atoms with Crippen molar-refractivity contribution in [3.63, 3.8) is 0 Å². The van der Waals surface area contributed by atoms with Crippen molar-refractivity contribution in [2.75, 3.05) is 13.1 Å². The molecule has 80 valence electrons. The third-order valence-corrected chi connectivity index (χ3v) is 5.61. The van der Waals surface area contributed by atoms with Gasteiger partial charge >= 0.3 is 0 Å². The standard InChI is InChI=1S/C12H15IN2/c1-7-9-5-14-3-2-8-4-15-6-10(11(8)9)12(7)13/h4,6-7,9,12,14H,2-3,5H2,1H3/t7?,9?,12-/m1/s1. The van der Waals surface area contributed by atoms with Gasteiger partial charge in [-0.25, -0.2) is 0 Å². The van der Waals surface area contributed by atoms with Gasteiger partial charge in [-0.05, 0) is 35.6 Å². The minimum Gasteiger partial charge on any atom is -0.316 e. The van der Waals surface area contributed by atoms with Crippen molar-refractivity contribution in [1.82, 2.24) is 10.3 Å². The maximum Gasteiger partial charge on any atom is 0.0409 e. The van der Waals surface area contributed by atoms with E-state index in [1.165, 1.54) is 11.1 Å². The van der Waals surface area contributed by atoms with E-state index >= 15 is 0 Å². The molecule has 0 spiro atoms. The molecule has 1 aliphatic carbocycles. The molecule has 0 radical (unpaired) electrons. The van der Waals surface area contributed by atoms with Crippen LogP contribution in [0.1, 0.15) is 33.5 Å². The molecule has 0 saturated carbocycles. The topological polar surface area (TPSA) is 24.9 Å². The van der Waals surface area contributed by atoms with Gasteiger partial charge in [0.1, 0.15) is 0 Å². The smallest absolute Gasteiger partial charge is 0.0409 e. The lowest BCUT2D eigenvalue weighted by Crippen LogP contribution is -2.22. The van der Waals surface area contributed by atoms with Gasteiger partial charge in [-0.3, -0.25) is 4.98 Å². The summed E-state index contributed by atoms with van der Waals surface area (Å²) in [7, 11) is 0. The summed E-state index contributed by atoms with van der Waals surface area (Å²) in [5.74, 6) is 1.46. The van der Waals surface area contributed by atoms with Crippen molar-refractivity contribution in [1.29, 1.82) is 0 Å². The molecule has 0 bridgehead atoms. The summed E-state index contributed by atoms with van der Waals surface area (Å²) < 4.78 is 0.648. The Morgan fingerprint density at radius 3 is 3.20 bits per heavy atom. The minimum atomic E-state index is 0.648. The van der Waals surface area contributed by atoms with E-state index < -0.39 is 0 Å². The average molecular weight is 314 g/mol. The zero-order valence-corrected chi connectivity index (χ0v) is 11.0. The molecule has 2 aliphatic rings. The number of hydrogen-bond acceptors (Lipinski definition) is 2. The van der Waals surface area contributed by atoms with Gasteiger partial charge in [-0.2, -0.15) is 0 Å². The van der Waals surface area contributed by atoms with Crippen LogP contribution in [-0.2, 0) is 6.42 Å². The van der Waals surface area contributed by atoms with E-state index in [0.717, 1.165) is 25.4 Å². The summed E-state index contributed by atoms with van der Waals surface area (Å²) >= 11 is 2.58. The van der Waals surface area contributed by atoms with Crippen molar-refractivity contribution in [2.24, 2.45) is 5.92 Å². The van der Waals surface area contributed by atoms with Gasteiger partial charge in [0.15, 0.2) is 0 Å². The SMILES string of the molecule is CC1C2CNCCc3cncc(c32)[C@@H]1I. The van der Waals surface area contributed by atoms with Crippen LogP contribution < -0.4 is 5.32 Å². The van der Waals surface area contributed by atoms with Crippen molar-refractivity contribution in [3.05, 3.63) is 29.1 Å². The first-order valence-electron chi connectivity index (χ1n) is 5.60. The highest BCUT2D eigenvalue weighted by molar-refractivity contribution is 14.1. The Labute approximate surface area is 104 Å². The van der Waals surface area contributed by atoms with E-state index in [9.17, 15) is 0 Å². The fourth-order valence-corrected chi connectivity index (χ4v) is 3.92. The molecule has 3 rings (SSSR count). The number of pyridine rings is 1. The molecule has 0 saturated heterocycles. The first kappa shape index (κ1) is 10.0. The average Bonchev–Trinajstić information content (AvgIpc) is 2.45. The van der Waals surface area contributed by atoms with Crippen LogP contribution in [0.25, 0.3) is 0 Å². The first-order chi connectivity index (χ1) is 7.29. The Kier molecular flexibility index (Phi) is 2.47.